The molecule has 1 amide bonds. The molecule has 1 aromatic heterocycles. The molecule has 4 nitrogen and oxygen atoms in total. The Hall–Kier alpha value is -2.88. The van der Waals surface area contributed by atoms with Crippen LogP contribution in [0.5, 0.6) is 0 Å². The summed E-state index contributed by atoms with van der Waals surface area (Å²) in [4.78, 5) is 12.4. The first kappa shape index (κ1) is 13.8. The number of carbonyl (C=O) groups is 1. The summed E-state index contributed by atoms with van der Waals surface area (Å²) in [5.41, 5.74) is 4.93. The van der Waals surface area contributed by atoms with E-state index in [-0.39, 0.29) is 11.9 Å². The van der Waals surface area contributed by atoms with Gasteiger partial charge < -0.3 is 5.32 Å². The second-order valence-corrected chi connectivity index (χ2v) is 5.88. The predicted molar refractivity (Wildman–Crippen MR) is 89.1 cm³/mol. The second-order valence-electron chi connectivity index (χ2n) is 5.88. The number of nitrogens with zero attached hydrogens (tertiary/aromatic N) is 1. The SMILES string of the molecule is O=C(NC1Cc2ccccc2C1)c1cc(-c2ccccc2)n[nH]1. The normalized spacial score (nSPS) is 13.7. The number of H-pyrrole nitrogens is 1. The molecule has 0 bridgehead atoms. The first-order chi connectivity index (χ1) is 11.3. The molecule has 0 unspecified atom stereocenters. The zero-order chi connectivity index (χ0) is 15.6. The van der Waals surface area contributed by atoms with Crippen LogP contribution in [0, 0.1) is 0 Å². The van der Waals surface area contributed by atoms with Crippen molar-refractivity contribution in [3.8, 4) is 11.3 Å². The predicted octanol–water partition coefficient (Wildman–Crippen LogP) is 2.97. The highest BCUT2D eigenvalue weighted by molar-refractivity contribution is 5.93. The average Bonchev–Trinajstić information content (AvgIpc) is 3.22. The van der Waals surface area contributed by atoms with E-state index in [0.717, 1.165) is 24.1 Å². The van der Waals surface area contributed by atoms with Crippen LogP contribution in [0.2, 0.25) is 0 Å². The number of rotatable bonds is 3. The molecule has 0 saturated carbocycles. The van der Waals surface area contributed by atoms with Gasteiger partial charge in [0.2, 0.25) is 0 Å². The van der Waals surface area contributed by atoms with Crippen LogP contribution in [0.3, 0.4) is 0 Å². The lowest BCUT2D eigenvalue weighted by molar-refractivity contribution is 0.0933. The van der Waals surface area contributed by atoms with Gasteiger partial charge in [-0.2, -0.15) is 5.10 Å². The van der Waals surface area contributed by atoms with Gasteiger partial charge in [0, 0.05) is 11.6 Å². The molecule has 0 saturated heterocycles. The number of nitrogens with one attached hydrogen (secondary N) is 2. The van der Waals surface area contributed by atoms with Crippen molar-refractivity contribution in [2.45, 2.75) is 18.9 Å². The molecule has 4 heteroatoms. The third-order valence-electron chi connectivity index (χ3n) is 4.28. The number of fused-ring (bicyclic) bond motifs is 1. The van der Waals surface area contributed by atoms with E-state index in [1.165, 1.54) is 11.1 Å². The molecular formula is C19H17N3O. The Morgan fingerprint density at radius 2 is 1.65 bits per heavy atom. The summed E-state index contributed by atoms with van der Waals surface area (Å²) in [6.07, 6.45) is 1.78. The molecule has 2 N–H and O–H groups in total. The molecule has 0 spiro atoms. The van der Waals surface area contributed by atoms with E-state index in [4.69, 9.17) is 0 Å². The van der Waals surface area contributed by atoms with Crippen LogP contribution in [-0.2, 0) is 12.8 Å². The van der Waals surface area contributed by atoms with Gasteiger partial charge in [0.1, 0.15) is 5.69 Å². The number of hydrogen-bond acceptors (Lipinski definition) is 2. The molecule has 2 aromatic carbocycles. The van der Waals surface area contributed by atoms with Crippen molar-refractivity contribution in [1.82, 2.24) is 15.5 Å². The Morgan fingerprint density at radius 3 is 2.35 bits per heavy atom. The highest BCUT2D eigenvalue weighted by atomic mass is 16.2. The Bertz CT molecular complexity index is 814. The first-order valence-corrected chi connectivity index (χ1v) is 7.78. The van der Waals surface area contributed by atoms with Gasteiger partial charge in [-0.1, -0.05) is 54.6 Å². The van der Waals surface area contributed by atoms with E-state index in [9.17, 15) is 4.79 Å². The van der Waals surface area contributed by atoms with E-state index in [0.29, 0.717) is 5.69 Å². The third kappa shape index (κ3) is 2.75. The Balaban J connectivity index is 1.46. The molecule has 3 aromatic rings. The molecule has 4 rings (SSSR count). The minimum Gasteiger partial charge on any atom is -0.347 e. The lowest BCUT2D eigenvalue weighted by Crippen LogP contribution is -2.35. The summed E-state index contributed by atoms with van der Waals surface area (Å²) in [5.74, 6) is -0.0995. The summed E-state index contributed by atoms with van der Waals surface area (Å²) in [7, 11) is 0. The van der Waals surface area contributed by atoms with E-state index in [1.54, 1.807) is 6.07 Å². The van der Waals surface area contributed by atoms with Crippen molar-refractivity contribution in [3.05, 3.63) is 77.5 Å². The van der Waals surface area contributed by atoms with E-state index < -0.39 is 0 Å². The molecule has 1 aliphatic rings. The van der Waals surface area contributed by atoms with Gasteiger partial charge in [0.15, 0.2) is 0 Å². The maximum absolute atomic E-state index is 12.4. The van der Waals surface area contributed by atoms with Crippen LogP contribution in [0.25, 0.3) is 11.3 Å². The minimum atomic E-state index is -0.0995. The molecule has 23 heavy (non-hydrogen) atoms. The fourth-order valence-electron chi connectivity index (χ4n) is 3.12. The molecule has 0 atom stereocenters. The largest absolute Gasteiger partial charge is 0.347 e. The van der Waals surface area contributed by atoms with Crippen LogP contribution >= 0.6 is 0 Å². The third-order valence-corrected chi connectivity index (χ3v) is 4.28. The number of aromatic amines is 1. The molecular weight excluding hydrogens is 286 g/mol. The van der Waals surface area contributed by atoms with Crippen molar-refractivity contribution >= 4 is 5.91 Å². The zero-order valence-electron chi connectivity index (χ0n) is 12.6. The highest BCUT2D eigenvalue weighted by Crippen LogP contribution is 2.22. The lowest BCUT2D eigenvalue weighted by Gasteiger charge is -2.10. The van der Waals surface area contributed by atoms with Crippen molar-refractivity contribution in [2.24, 2.45) is 0 Å². The number of aromatic nitrogens is 2. The first-order valence-electron chi connectivity index (χ1n) is 7.78. The quantitative estimate of drug-likeness (QED) is 0.781. The van der Waals surface area contributed by atoms with Crippen molar-refractivity contribution < 1.29 is 4.79 Å². The van der Waals surface area contributed by atoms with Crippen LogP contribution in [0.15, 0.2) is 60.7 Å². The minimum absolute atomic E-state index is 0.0995. The number of hydrogen-bond donors (Lipinski definition) is 2. The van der Waals surface area contributed by atoms with Crippen molar-refractivity contribution in [3.63, 3.8) is 0 Å². The van der Waals surface area contributed by atoms with Crippen LogP contribution in [-0.4, -0.2) is 22.1 Å². The van der Waals surface area contributed by atoms with Gasteiger partial charge in [-0.25, -0.2) is 0 Å². The summed E-state index contributed by atoms with van der Waals surface area (Å²) in [6.45, 7) is 0. The smallest absolute Gasteiger partial charge is 0.269 e. The summed E-state index contributed by atoms with van der Waals surface area (Å²) in [5, 5.41) is 10.2. The van der Waals surface area contributed by atoms with Gasteiger partial charge >= 0.3 is 0 Å². The van der Waals surface area contributed by atoms with E-state index in [1.807, 2.05) is 42.5 Å². The molecule has 0 radical (unpaired) electrons. The van der Waals surface area contributed by atoms with Crippen LogP contribution in [0.4, 0.5) is 0 Å². The maximum atomic E-state index is 12.4. The van der Waals surface area contributed by atoms with Gasteiger partial charge in [-0.3, -0.25) is 9.89 Å². The topological polar surface area (TPSA) is 57.8 Å². The number of amides is 1. The summed E-state index contributed by atoms with van der Waals surface area (Å²) in [6, 6.07) is 20.1. The second kappa shape index (κ2) is 5.72. The average molecular weight is 303 g/mol. The monoisotopic (exact) mass is 303 g/mol. The molecule has 1 heterocycles. The molecule has 114 valence electrons. The lowest BCUT2D eigenvalue weighted by atomic mass is 10.1. The van der Waals surface area contributed by atoms with Gasteiger partial charge in [0.05, 0.1) is 5.69 Å². The Kier molecular flexibility index (Phi) is 3.42. The van der Waals surface area contributed by atoms with E-state index in [2.05, 4.69) is 27.6 Å². The summed E-state index contributed by atoms with van der Waals surface area (Å²) < 4.78 is 0. The molecule has 0 aliphatic heterocycles. The Morgan fingerprint density at radius 1 is 1.00 bits per heavy atom. The molecule has 0 fully saturated rings. The van der Waals surface area contributed by atoms with Gasteiger partial charge in [-0.15, -0.1) is 0 Å². The number of benzene rings is 2. The van der Waals surface area contributed by atoms with Gasteiger partial charge in [0.25, 0.3) is 5.91 Å². The van der Waals surface area contributed by atoms with E-state index >= 15 is 0 Å². The Labute approximate surface area is 134 Å². The highest BCUT2D eigenvalue weighted by Gasteiger charge is 2.23. The molecule has 1 aliphatic carbocycles. The van der Waals surface area contributed by atoms with Crippen LogP contribution in [0.1, 0.15) is 21.6 Å². The van der Waals surface area contributed by atoms with Crippen molar-refractivity contribution in [2.75, 3.05) is 0 Å². The summed E-state index contributed by atoms with van der Waals surface area (Å²) >= 11 is 0. The maximum Gasteiger partial charge on any atom is 0.269 e. The van der Waals surface area contributed by atoms with Crippen LogP contribution < -0.4 is 5.32 Å². The fraction of sp³-hybridized carbons (Fsp3) is 0.158. The van der Waals surface area contributed by atoms with Gasteiger partial charge in [-0.05, 0) is 30.0 Å². The van der Waals surface area contributed by atoms with Crippen molar-refractivity contribution in [1.29, 1.82) is 0 Å². The standard InChI is InChI=1S/C19H17N3O/c23-19(20-16-10-14-8-4-5-9-15(14)11-16)18-12-17(21-22-18)13-6-2-1-3-7-13/h1-9,12,16H,10-11H2,(H,20,23)(H,21,22). The number of carbonyl (C=O) groups excluding carboxylic acids is 1. The zero-order valence-corrected chi connectivity index (χ0v) is 12.6. The fourth-order valence-corrected chi connectivity index (χ4v) is 3.12.